The summed E-state index contributed by atoms with van der Waals surface area (Å²) in [5.74, 6) is 1.06. The van der Waals surface area contributed by atoms with Crippen molar-refractivity contribution in [2.45, 2.75) is 77.7 Å². The topological polar surface area (TPSA) is 56.6 Å². The smallest absolute Gasteiger partial charge is 0.325 e. The van der Waals surface area contributed by atoms with Crippen LogP contribution >= 0.6 is 0 Å². The van der Waals surface area contributed by atoms with Gasteiger partial charge in [-0.2, -0.15) is 0 Å². The predicted octanol–water partition coefficient (Wildman–Crippen LogP) is 5.57. The van der Waals surface area contributed by atoms with Crippen molar-refractivity contribution < 1.29 is 14.3 Å². The number of fused-ring (bicyclic) bond motifs is 1. The van der Waals surface area contributed by atoms with Crippen molar-refractivity contribution in [3.63, 3.8) is 0 Å². The van der Waals surface area contributed by atoms with Crippen LogP contribution in [0.15, 0.2) is 36.9 Å². The maximum Gasteiger partial charge on any atom is 0.325 e. The zero-order valence-electron chi connectivity index (χ0n) is 19.8. The zero-order chi connectivity index (χ0) is 22.6. The fourth-order valence-electron chi connectivity index (χ4n) is 4.50. The maximum absolute atomic E-state index is 12.3. The summed E-state index contributed by atoms with van der Waals surface area (Å²) >= 11 is 0. The van der Waals surface area contributed by atoms with Gasteiger partial charge in [-0.3, -0.25) is 4.79 Å². The van der Waals surface area contributed by atoms with E-state index in [1.165, 1.54) is 44.1 Å². The highest BCUT2D eigenvalue weighted by atomic mass is 16.5. The molecule has 1 aliphatic rings. The largest absolute Gasteiger partial charge is 0.491 e. The zero-order valence-corrected chi connectivity index (χ0v) is 19.8. The molecule has 6 nitrogen and oxygen atoms in total. The van der Waals surface area contributed by atoms with Crippen LogP contribution in [-0.4, -0.2) is 41.8 Å². The SMILES string of the molecule is CCCCCCCCCOc1cccc2c1N(CC(=O)OCC)CC2CCn1ccnc1. The van der Waals surface area contributed by atoms with E-state index in [1.54, 1.807) is 0 Å². The number of aromatic nitrogens is 2. The Hall–Kier alpha value is -2.50. The number of hydrogen-bond acceptors (Lipinski definition) is 5. The van der Waals surface area contributed by atoms with E-state index < -0.39 is 0 Å². The number of anilines is 1. The lowest BCUT2D eigenvalue weighted by molar-refractivity contribution is -0.141. The van der Waals surface area contributed by atoms with Crippen molar-refractivity contribution in [1.82, 2.24) is 9.55 Å². The average molecular weight is 442 g/mol. The third kappa shape index (κ3) is 7.01. The van der Waals surface area contributed by atoms with Gasteiger partial charge >= 0.3 is 5.97 Å². The molecule has 2 heterocycles. The molecule has 176 valence electrons. The lowest BCUT2D eigenvalue weighted by Gasteiger charge is -2.21. The Labute approximate surface area is 192 Å². The van der Waals surface area contributed by atoms with Crippen LogP contribution in [0.1, 0.15) is 76.7 Å². The van der Waals surface area contributed by atoms with Crippen molar-refractivity contribution in [3.8, 4) is 5.75 Å². The second kappa shape index (κ2) is 13.1. The van der Waals surface area contributed by atoms with Crippen molar-refractivity contribution in [1.29, 1.82) is 0 Å². The molecule has 1 aliphatic heterocycles. The molecule has 0 radical (unpaired) electrons. The Balaban J connectivity index is 1.61. The molecule has 0 saturated heterocycles. The number of imidazole rings is 1. The molecule has 1 aromatic carbocycles. The summed E-state index contributed by atoms with van der Waals surface area (Å²) in [6.07, 6.45) is 15.5. The van der Waals surface area contributed by atoms with Crippen molar-refractivity contribution in [2.75, 3.05) is 31.2 Å². The summed E-state index contributed by atoms with van der Waals surface area (Å²) in [7, 11) is 0. The first-order valence-electron chi connectivity index (χ1n) is 12.3. The van der Waals surface area contributed by atoms with Gasteiger partial charge in [0.15, 0.2) is 0 Å². The van der Waals surface area contributed by atoms with Gasteiger partial charge in [0.2, 0.25) is 0 Å². The Kier molecular flexibility index (Phi) is 9.92. The van der Waals surface area contributed by atoms with Crippen LogP contribution in [0.2, 0.25) is 0 Å². The Morgan fingerprint density at radius 1 is 1.12 bits per heavy atom. The van der Waals surface area contributed by atoms with Crippen LogP contribution in [-0.2, 0) is 16.1 Å². The van der Waals surface area contributed by atoms with Crippen LogP contribution in [0, 0.1) is 0 Å². The van der Waals surface area contributed by atoms with E-state index in [1.807, 2.05) is 31.7 Å². The summed E-state index contributed by atoms with van der Waals surface area (Å²) in [5.41, 5.74) is 2.34. The summed E-state index contributed by atoms with van der Waals surface area (Å²) in [5, 5.41) is 0. The maximum atomic E-state index is 12.3. The predicted molar refractivity (Wildman–Crippen MR) is 128 cm³/mol. The Bertz CT molecular complexity index is 807. The first kappa shape index (κ1) is 24.1. The van der Waals surface area contributed by atoms with Crippen LogP contribution < -0.4 is 9.64 Å². The molecule has 0 aliphatic carbocycles. The molecule has 0 amide bonds. The standard InChI is InChI=1S/C26H39N3O3/c1-3-5-6-7-8-9-10-18-32-24-13-11-12-23-22(14-16-28-17-15-27-21-28)19-29(26(23)24)20-25(30)31-4-2/h11-13,15,17,21-22H,3-10,14,16,18-20H2,1-2H3. The molecule has 1 aromatic heterocycles. The number of esters is 1. The highest BCUT2D eigenvalue weighted by molar-refractivity contribution is 5.79. The third-order valence-corrected chi connectivity index (χ3v) is 6.15. The summed E-state index contributed by atoms with van der Waals surface area (Å²) in [6.45, 7) is 7.19. The minimum absolute atomic E-state index is 0.185. The van der Waals surface area contributed by atoms with Gasteiger partial charge in [-0.1, -0.05) is 57.6 Å². The van der Waals surface area contributed by atoms with Crippen molar-refractivity contribution >= 4 is 11.7 Å². The highest BCUT2D eigenvalue weighted by Crippen LogP contribution is 2.44. The fourth-order valence-corrected chi connectivity index (χ4v) is 4.50. The van der Waals surface area contributed by atoms with Gasteiger partial charge < -0.3 is 18.9 Å². The van der Waals surface area contributed by atoms with Crippen molar-refractivity contribution in [3.05, 3.63) is 42.5 Å². The number of unbranched alkanes of at least 4 members (excludes halogenated alkanes) is 6. The van der Waals surface area contributed by atoms with Crippen molar-refractivity contribution in [2.24, 2.45) is 0 Å². The van der Waals surface area contributed by atoms with Gasteiger partial charge in [-0.05, 0) is 31.4 Å². The molecule has 3 rings (SSSR count). The average Bonchev–Trinajstić information content (AvgIpc) is 3.43. The van der Waals surface area contributed by atoms with Crippen LogP contribution in [0.5, 0.6) is 5.75 Å². The molecule has 0 saturated carbocycles. The van der Waals surface area contributed by atoms with Gasteiger partial charge in [0.05, 0.1) is 25.2 Å². The second-order valence-electron chi connectivity index (χ2n) is 8.64. The molecule has 0 bridgehead atoms. The number of carbonyl (C=O) groups excluding carboxylic acids is 1. The van der Waals surface area contributed by atoms with E-state index in [9.17, 15) is 4.79 Å². The first-order valence-corrected chi connectivity index (χ1v) is 12.3. The van der Waals surface area contributed by atoms with Crippen LogP contribution in [0.4, 0.5) is 5.69 Å². The fraction of sp³-hybridized carbons (Fsp3) is 0.615. The minimum Gasteiger partial charge on any atom is -0.491 e. The normalized spacial score (nSPS) is 15.1. The van der Waals surface area contributed by atoms with E-state index >= 15 is 0 Å². The van der Waals surface area contributed by atoms with E-state index in [0.29, 0.717) is 12.5 Å². The van der Waals surface area contributed by atoms with E-state index in [0.717, 1.165) is 44.0 Å². The molecule has 0 spiro atoms. The number of carbonyl (C=O) groups is 1. The molecule has 32 heavy (non-hydrogen) atoms. The van der Waals surface area contributed by atoms with Gasteiger partial charge in [-0.15, -0.1) is 0 Å². The Morgan fingerprint density at radius 2 is 1.94 bits per heavy atom. The molecule has 1 atom stereocenters. The molecule has 0 N–H and O–H groups in total. The highest BCUT2D eigenvalue weighted by Gasteiger charge is 2.32. The summed E-state index contributed by atoms with van der Waals surface area (Å²) < 4.78 is 13.6. The molecule has 6 heteroatoms. The summed E-state index contributed by atoms with van der Waals surface area (Å²) in [4.78, 5) is 18.5. The van der Waals surface area contributed by atoms with Crippen LogP contribution in [0.25, 0.3) is 0 Å². The molecular weight excluding hydrogens is 402 g/mol. The van der Waals surface area contributed by atoms with Gasteiger partial charge in [0.1, 0.15) is 12.3 Å². The number of benzene rings is 1. The number of ether oxygens (including phenoxy) is 2. The second-order valence-corrected chi connectivity index (χ2v) is 8.64. The van der Waals surface area contributed by atoms with Gasteiger partial charge in [0, 0.05) is 31.4 Å². The first-order chi connectivity index (χ1) is 15.7. The van der Waals surface area contributed by atoms with E-state index in [2.05, 4.69) is 33.5 Å². The molecular formula is C26H39N3O3. The number of nitrogens with zero attached hydrogens (tertiary/aromatic N) is 3. The molecule has 0 fully saturated rings. The third-order valence-electron chi connectivity index (χ3n) is 6.15. The summed E-state index contributed by atoms with van der Waals surface area (Å²) in [6, 6.07) is 6.30. The lowest BCUT2D eigenvalue weighted by Crippen LogP contribution is -2.30. The Morgan fingerprint density at radius 3 is 2.69 bits per heavy atom. The van der Waals surface area contributed by atoms with E-state index in [-0.39, 0.29) is 12.5 Å². The number of para-hydroxylation sites is 1. The van der Waals surface area contributed by atoms with Crippen LogP contribution in [0.3, 0.4) is 0 Å². The number of hydrogen-bond donors (Lipinski definition) is 0. The molecule has 2 aromatic rings. The van der Waals surface area contributed by atoms with E-state index in [4.69, 9.17) is 9.47 Å². The quantitative estimate of drug-likeness (QED) is 0.267. The number of rotatable bonds is 15. The number of aryl methyl sites for hydroxylation is 1. The lowest BCUT2D eigenvalue weighted by atomic mass is 9.97. The van der Waals surface area contributed by atoms with Gasteiger partial charge in [0.25, 0.3) is 0 Å². The van der Waals surface area contributed by atoms with Gasteiger partial charge in [-0.25, -0.2) is 4.98 Å². The monoisotopic (exact) mass is 441 g/mol. The minimum atomic E-state index is -0.185. The molecule has 1 unspecified atom stereocenters.